The van der Waals surface area contributed by atoms with E-state index in [9.17, 15) is 4.79 Å². The van der Waals surface area contributed by atoms with Crippen molar-refractivity contribution in [1.82, 2.24) is 4.98 Å². The SMILES string of the molecule is O=C(C=CC=C(c1ccc(Cl)cc1)c1ccc(Cl)cc1)Nc1cccc2cnccc12. The van der Waals surface area contributed by atoms with E-state index in [-0.39, 0.29) is 5.91 Å². The van der Waals surface area contributed by atoms with Crippen LogP contribution in [0.2, 0.25) is 10.0 Å². The van der Waals surface area contributed by atoms with E-state index in [1.165, 1.54) is 6.08 Å². The smallest absolute Gasteiger partial charge is 0.248 e. The maximum atomic E-state index is 12.5. The lowest BCUT2D eigenvalue weighted by Crippen LogP contribution is -2.08. The van der Waals surface area contributed by atoms with Gasteiger partial charge in [0.2, 0.25) is 5.91 Å². The maximum absolute atomic E-state index is 12.5. The second-order valence-electron chi connectivity index (χ2n) is 6.84. The molecule has 0 aliphatic carbocycles. The quantitative estimate of drug-likeness (QED) is 0.261. The van der Waals surface area contributed by atoms with Gasteiger partial charge in [-0.1, -0.05) is 71.8 Å². The first-order valence-electron chi connectivity index (χ1n) is 9.64. The van der Waals surface area contributed by atoms with E-state index in [2.05, 4.69) is 10.3 Å². The standard InChI is InChI=1S/C26H18Cl2N2O/c27-21-11-7-18(8-12-21)23(19-9-13-22(28)14-10-19)4-2-6-26(31)30-25-5-1-3-20-17-29-16-15-24(20)25/h1-17H,(H,30,31). The first kappa shape index (κ1) is 20.9. The number of benzene rings is 3. The Balaban J connectivity index is 1.59. The van der Waals surface area contributed by atoms with E-state index in [1.807, 2.05) is 78.9 Å². The van der Waals surface area contributed by atoms with Gasteiger partial charge in [0.15, 0.2) is 0 Å². The van der Waals surface area contributed by atoms with Crippen molar-refractivity contribution < 1.29 is 4.79 Å². The Morgan fingerprint density at radius 3 is 2.13 bits per heavy atom. The zero-order valence-corrected chi connectivity index (χ0v) is 17.9. The minimum Gasteiger partial charge on any atom is -0.322 e. The van der Waals surface area contributed by atoms with Crippen molar-refractivity contribution in [2.75, 3.05) is 5.32 Å². The van der Waals surface area contributed by atoms with E-state index in [0.717, 1.165) is 33.2 Å². The highest BCUT2D eigenvalue weighted by atomic mass is 35.5. The predicted molar refractivity (Wildman–Crippen MR) is 129 cm³/mol. The van der Waals surface area contributed by atoms with Crippen molar-refractivity contribution in [3.8, 4) is 0 Å². The van der Waals surface area contributed by atoms with Gasteiger partial charge in [-0.2, -0.15) is 0 Å². The Morgan fingerprint density at radius 2 is 1.48 bits per heavy atom. The molecule has 0 saturated heterocycles. The van der Waals surface area contributed by atoms with E-state index in [4.69, 9.17) is 23.2 Å². The molecular formula is C26H18Cl2N2O. The number of hydrogen-bond donors (Lipinski definition) is 1. The summed E-state index contributed by atoms with van der Waals surface area (Å²) in [5.41, 5.74) is 3.67. The van der Waals surface area contributed by atoms with Gasteiger partial charge in [0.05, 0.1) is 0 Å². The number of aromatic nitrogens is 1. The minimum absolute atomic E-state index is 0.216. The van der Waals surface area contributed by atoms with Gasteiger partial charge in [-0.25, -0.2) is 0 Å². The summed E-state index contributed by atoms with van der Waals surface area (Å²) in [5.74, 6) is -0.216. The number of nitrogens with zero attached hydrogens (tertiary/aromatic N) is 1. The molecule has 0 aliphatic rings. The summed E-state index contributed by atoms with van der Waals surface area (Å²) >= 11 is 12.1. The summed E-state index contributed by atoms with van der Waals surface area (Å²) in [6, 6.07) is 22.7. The molecule has 1 heterocycles. The zero-order valence-electron chi connectivity index (χ0n) is 16.4. The third kappa shape index (κ3) is 5.21. The molecule has 0 unspecified atom stereocenters. The van der Waals surface area contributed by atoms with Gasteiger partial charge in [0.25, 0.3) is 0 Å². The number of nitrogens with one attached hydrogen (secondary N) is 1. The Kier molecular flexibility index (Phi) is 6.46. The van der Waals surface area contributed by atoms with Crippen LogP contribution < -0.4 is 5.32 Å². The second-order valence-corrected chi connectivity index (χ2v) is 7.72. The van der Waals surface area contributed by atoms with Crippen LogP contribution in [-0.2, 0) is 4.79 Å². The largest absolute Gasteiger partial charge is 0.322 e. The van der Waals surface area contributed by atoms with Crippen molar-refractivity contribution in [2.24, 2.45) is 0 Å². The highest BCUT2D eigenvalue weighted by Crippen LogP contribution is 2.26. The molecular weight excluding hydrogens is 427 g/mol. The molecule has 0 radical (unpaired) electrons. The second kappa shape index (κ2) is 9.61. The molecule has 3 aromatic carbocycles. The van der Waals surface area contributed by atoms with Gasteiger partial charge in [-0.15, -0.1) is 0 Å². The van der Waals surface area contributed by atoms with Crippen molar-refractivity contribution in [2.45, 2.75) is 0 Å². The lowest BCUT2D eigenvalue weighted by Gasteiger charge is -2.08. The van der Waals surface area contributed by atoms with E-state index < -0.39 is 0 Å². The number of hydrogen-bond acceptors (Lipinski definition) is 2. The molecule has 5 heteroatoms. The van der Waals surface area contributed by atoms with Crippen LogP contribution in [0.25, 0.3) is 16.3 Å². The number of allylic oxidation sites excluding steroid dienone is 2. The molecule has 1 aromatic heterocycles. The van der Waals surface area contributed by atoms with Crippen LogP contribution in [0, 0.1) is 0 Å². The van der Waals surface area contributed by atoms with Crippen molar-refractivity contribution >= 4 is 51.1 Å². The molecule has 1 amide bonds. The van der Waals surface area contributed by atoms with Gasteiger partial charge in [-0.05, 0) is 53.1 Å². The number of rotatable bonds is 5. The summed E-state index contributed by atoms with van der Waals surface area (Å²) in [4.78, 5) is 16.6. The highest BCUT2D eigenvalue weighted by molar-refractivity contribution is 6.31. The third-order valence-electron chi connectivity index (χ3n) is 4.76. The van der Waals surface area contributed by atoms with Crippen LogP contribution in [-0.4, -0.2) is 10.9 Å². The third-order valence-corrected chi connectivity index (χ3v) is 5.26. The number of anilines is 1. The monoisotopic (exact) mass is 444 g/mol. The summed E-state index contributed by atoms with van der Waals surface area (Å²) < 4.78 is 0. The summed E-state index contributed by atoms with van der Waals surface area (Å²) in [6.07, 6.45) is 8.63. The molecule has 0 spiro atoms. The number of carbonyl (C=O) groups is 1. The number of fused-ring (bicyclic) bond motifs is 1. The molecule has 31 heavy (non-hydrogen) atoms. The number of halogens is 2. The van der Waals surface area contributed by atoms with Gasteiger partial charge >= 0.3 is 0 Å². The molecule has 0 atom stereocenters. The molecule has 0 aliphatic heterocycles. The number of amides is 1. The average molecular weight is 445 g/mol. The first-order valence-corrected chi connectivity index (χ1v) is 10.4. The summed E-state index contributed by atoms with van der Waals surface area (Å²) in [5, 5.41) is 6.18. The number of carbonyl (C=O) groups excluding carboxylic acids is 1. The summed E-state index contributed by atoms with van der Waals surface area (Å²) in [7, 11) is 0. The first-order chi connectivity index (χ1) is 15.1. The lowest BCUT2D eigenvalue weighted by atomic mass is 9.97. The zero-order chi connectivity index (χ0) is 21.6. The van der Waals surface area contributed by atoms with E-state index in [0.29, 0.717) is 10.0 Å². The molecule has 3 nitrogen and oxygen atoms in total. The minimum atomic E-state index is -0.216. The topological polar surface area (TPSA) is 42.0 Å². The van der Waals surface area contributed by atoms with Crippen molar-refractivity contribution in [1.29, 1.82) is 0 Å². The molecule has 0 fully saturated rings. The Bertz CT molecular complexity index is 1220. The molecule has 152 valence electrons. The lowest BCUT2D eigenvalue weighted by molar-refractivity contribution is -0.111. The van der Waals surface area contributed by atoms with Crippen LogP contribution in [0.4, 0.5) is 5.69 Å². The van der Waals surface area contributed by atoms with Gasteiger partial charge in [0.1, 0.15) is 0 Å². The van der Waals surface area contributed by atoms with Crippen molar-refractivity contribution in [3.63, 3.8) is 0 Å². The van der Waals surface area contributed by atoms with E-state index in [1.54, 1.807) is 18.5 Å². The van der Waals surface area contributed by atoms with Gasteiger partial charge in [0, 0.05) is 45.0 Å². The molecule has 4 aromatic rings. The molecule has 4 rings (SSSR count). The van der Waals surface area contributed by atoms with Crippen LogP contribution in [0.3, 0.4) is 0 Å². The average Bonchev–Trinajstić information content (AvgIpc) is 2.79. The summed E-state index contributed by atoms with van der Waals surface area (Å²) in [6.45, 7) is 0. The van der Waals surface area contributed by atoms with Gasteiger partial charge < -0.3 is 5.32 Å². The molecule has 0 saturated carbocycles. The Morgan fingerprint density at radius 1 is 0.839 bits per heavy atom. The van der Waals surface area contributed by atoms with Crippen molar-refractivity contribution in [3.05, 3.63) is 125 Å². The van der Waals surface area contributed by atoms with Gasteiger partial charge in [-0.3, -0.25) is 9.78 Å². The predicted octanol–water partition coefficient (Wildman–Crippen LogP) is 7.17. The van der Waals surface area contributed by atoms with Crippen LogP contribution >= 0.6 is 23.2 Å². The number of pyridine rings is 1. The fraction of sp³-hybridized carbons (Fsp3) is 0. The molecule has 1 N–H and O–H groups in total. The fourth-order valence-corrected chi connectivity index (χ4v) is 3.51. The Hall–Kier alpha value is -3.40. The van der Waals surface area contributed by atoms with E-state index >= 15 is 0 Å². The fourth-order valence-electron chi connectivity index (χ4n) is 3.26. The maximum Gasteiger partial charge on any atom is 0.248 e. The van der Waals surface area contributed by atoms with Crippen LogP contribution in [0.1, 0.15) is 11.1 Å². The normalized spacial score (nSPS) is 10.9. The highest BCUT2D eigenvalue weighted by Gasteiger charge is 2.06. The Labute approximate surface area is 190 Å². The molecule has 0 bridgehead atoms. The van der Waals surface area contributed by atoms with Crippen LogP contribution in [0.5, 0.6) is 0 Å². The van der Waals surface area contributed by atoms with Crippen LogP contribution in [0.15, 0.2) is 103 Å².